The van der Waals surface area contributed by atoms with Gasteiger partial charge in [0.25, 0.3) is 0 Å². The van der Waals surface area contributed by atoms with E-state index < -0.39 is 0 Å². The zero-order chi connectivity index (χ0) is 17.1. The van der Waals surface area contributed by atoms with Crippen molar-refractivity contribution in [2.45, 2.75) is 20.0 Å². The first-order chi connectivity index (χ1) is 11.6. The Kier molecular flexibility index (Phi) is 6.51. The van der Waals surface area contributed by atoms with Crippen LogP contribution in [0.3, 0.4) is 0 Å². The molecule has 1 N–H and O–H groups in total. The van der Waals surface area contributed by atoms with Crippen molar-refractivity contribution in [3.05, 3.63) is 70.8 Å². The third kappa shape index (κ3) is 4.17. The number of benzene rings is 2. The van der Waals surface area contributed by atoms with Crippen LogP contribution in [0.25, 0.3) is 5.76 Å². The van der Waals surface area contributed by atoms with E-state index in [4.69, 9.17) is 9.47 Å². The average molecular weight is 360 g/mol. The summed E-state index contributed by atoms with van der Waals surface area (Å²) in [5.74, 6) is 1.87. The Labute approximate surface area is 156 Å². The summed E-state index contributed by atoms with van der Waals surface area (Å²) in [6, 6.07) is 16.7. The van der Waals surface area contributed by atoms with Gasteiger partial charge in [0.1, 0.15) is 18.1 Å². The molecular formula is C21H26ClNO2. The number of likely N-dealkylation sites (N-methyl/N-ethyl adjacent to an activating group) is 1. The molecule has 2 aromatic rings. The van der Waals surface area contributed by atoms with Gasteiger partial charge in [0.05, 0.1) is 31.8 Å². The second-order valence-electron chi connectivity index (χ2n) is 6.58. The highest BCUT2D eigenvalue weighted by molar-refractivity contribution is 5.72. The fraction of sp³-hybridized carbons (Fsp3) is 0.333. The van der Waals surface area contributed by atoms with Gasteiger partial charge in [-0.1, -0.05) is 42.0 Å². The van der Waals surface area contributed by atoms with Gasteiger partial charge in [-0.2, -0.15) is 0 Å². The molecule has 25 heavy (non-hydrogen) atoms. The molecule has 0 amide bonds. The third-order valence-electron chi connectivity index (χ3n) is 4.20. The summed E-state index contributed by atoms with van der Waals surface area (Å²) in [4.78, 5) is 1.35. The van der Waals surface area contributed by atoms with E-state index in [0.29, 0.717) is 6.61 Å². The number of rotatable bonds is 5. The lowest BCUT2D eigenvalue weighted by atomic mass is 9.93. The zero-order valence-corrected chi connectivity index (χ0v) is 16.1. The molecule has 1 atom stereocenters. The van der Waals surface area contributed by atoms with Crippen LogP contribution in [-0.4, -0.2) is 27.2 Å². The van der Waals surface area contributed by atoms with Crippen molar-refractivity contribution in [3.63, 3.8) is 0 Å². The van der Waals surface area contributed by atoms with Crippen LogP contribution in [0.4, 0.5) is 0 Å². The van der Waals surface area contributed by atoms with Crippen LogP contribution in [0.2, 0.25) is 0 Å². The predicted molar refractivity (Wildman–Crippen MR) is 97.2 cm³/mol. The molecule has 1 aliphatic rings. The molecule has 3 nitrogen and oxygen atoms in total. The van der Waals surface area contributed by atoms with E-state index in [-0.39, 0.29) is 18.5 Å². The van der Waals surface area contributed by atoms with Gasteiger partial charge >= 0.3 is 0 Å². The van der Waals surface area contributed by atoms with E-state index >= 15 is 0 Å². The van der Waals surface area contributed by atoms with Crippen molar-refractivity contribution in [1.82, 2.24) is 0 Å². The number of ether oxygens (including phenoxy) is 2. The quantitative estimate of drug-likeness (QED) is 0.813. The molecule has 134 valence electrons. The minimum Gasteiger partial charge on any atom is -1.00 e. The molecule has 0 saturated heterocycles. The molecule has 0 spiro atoms. The standard InChI is InChI=1S/C21H25NO2.ClH/c1-5-23-21-17-8-6-7-9-19(17)24-20(18(21)14-22(3)4)16-12-10-15(2)11-13-16;/h6-13,20H,5,14H2,1-4H3;1H. The topological polar surface area (TPSA) is 22.9 Å². The number of para-hydroxylation sites is 1. The number of nitrogens with one attached hydrogen (secondary N) is 1. The maximum atomic E-state index is 6.40. The molecular weight excluding hydrogens is 334 g/mol. The van der Waals surface area contributed by atoms with Crippen LogP contribution in [0.15, 0.2) is 54.1 Å². The minimum atomic E-state index is -0.100. The van der Waals surface area contributed by atoms with Gasteiger partial charge < -0.3 is 26.8 Å². The van der Waals surface area contributed by atoms with Gasteiger partial charge in [0, 0.05) is 0 Å². The third-order valence-corrected chi connectivity index (χ3v) is 4.20. The van der Waals surface area contributed by atoms with Crippen LogP contribution in [0.5, 0.6) is 5.75 Å². The van der Waals surface area contributed by atoms with E-state index in [1.54, 1.807) is 0 Å². The molecule has 1 unspecified atom stereocenters. The summed E-state index contributed by atoms with van der Waals surface area (Å²) in [6.07, 6.45) is -0.100. The predicted octanol–water partition coefficient (Wildman–Crippen LogP) is 0.0248. The number of fused-ring (bicyclic) bond motifs is 1. The first-order valence-corrected chi connectivity index (χ1v) is 8.57. The van der Waals surface area contributed by atoms with Crippen molar-refractivity contribution in [3.8, 4) is 5.75 Å². The number of halogens is 1. The van der Waals surface area contributed by atoms with Gasteiger partial charge in [-0.25, -0.2) is 0 Å². The lowest BCUT2D eigenvalue weighted by molar-refractivity contribution is -0.853. The molecule has 1 aliphatic heterocycles. The fourth-order valence-electron chi connectivity index (χ4n) is 3.13. The van der Waals surface area contributed by atoms with E-state index in [1.807, 2.05) is 25.1 Å². The Morgan fingerprint density at radius 1 is 1.04 bits per heavy atom. The number of hydrogen-bond donors (Lipinski definition) is 1. The molecule has 0 saturated carbocycles. The Morgan fingerprint density at radius 2 is 1.72 bits per heavy atom. The van der Waals surface area contributed by atoms with Crippen molar-refractivity contribution in [1.29, 1.82) is 0 Å². The zero-order valence-electron chi connectivity index (χ0n) is 15.3. The summed E-state index contributed by atoms with van der Waals surface area (Å²) in [7, 11) is 4.31. The van der Waals surface area contributed by atoms with Gasteiger partial charge in [0.15, 0.2) is 6.10 Å². The first-order valence-electron chi connectivity index (χ1n) is 8.57. The molecule has 2 aromatic carbocycles. The van der Waals surface area contributed by atoms with Crippen molar-refractivity contribution in [2.24, 2.45) is 0 Å². The maximum Gasteiger partial charge on any atom is 0.154 e. The van der Waals surface area contributed by atoms with Crippen LogP contribution in [0.1, 0.15) is 29.7 Å². The minimum absolute atomic E-state index is 0. The summed E-state index contributed by atoms with van der Waals surface area (Å²) in [5.41, 5.74) is 4.69. The van der Waals surface area contributed by atoms with Gasteiger partial charge in [-0.05, 0) is 31.5 Å². The maximum absolute atomic E-state index is 6.40. The Bertz CT molecular complexity index is 738. The van der Waals surface area contributed by atoms with Crippen molar-refractivity contribution >= 4 is 5.76 Å². The summed E-state index contributed by atoms with van der Waals surface area (Å²) in [6.45, 7) is 5.66. The largest absolute Gasteiger partial charge is 1.00 e. The molecule has 0 bridgehead atoms. The van der Waals surface area contributed by atoms with Crippen LogP contribution < -0.4 is 22.0 Å². The second-order valence-corrected chi connectivity index (χ2v) is 6.58. The highest BCUT2D eigenvalue weighted by Gasteiger charge is 2.32. The monoisotopic (exact) mass is 359 g/mol. The van der Waals surface area contributed by atoms with Gasteiger partial charge in [-0.3, -0.25) is 0 Å². The molecule has 0 fully saturated rings. The lowest BCUT2D eigenvalue weighted by Crippen LogP contribution is -3.06. The molecule has 0 aliphatic carbocycles. The van der Waals surface area contributed by atoms with Crippen molar-refractivity contribution in [2.75, 3.05) is 27.2 Å². The van der Waals surface area contributed by atoms with Crippen LogP contribution in [-0.2, 0) is 4.74 Å². The van der Waals surface area contributed by atoms with Crippen LogP contribution in [0, 0.1) is 6.92 Å². The SMILES string of the molecule is CCOC1=C(C[NH+](C)C)C(c2ccc(C)cc2)Oc2ccccc21.[Cl-]. The highest BCUT2D eigenvalue weighted by atomic mass is 35.5. The fourth-order valence-corrected chi connectivity index (χ4v) is 3.13. The highest BCUT2D eigenvalue weighted by Crippen LogP contribution is 2.42. The van der Waals surface area contributed by atoms with Gasteiger partial charge in [-0.15, -0.1) is 0 Å². The average Bonchev–Trinajstić information content (AvgIpc) is 2.57. The first kappa shape index (κ1) is 19.4. The van der Waals surface area contributed by atoms with Crippen LogP contribution >= 0.6 is 0 Å². The van der Waals surface area contributed by atoms with Crippen molar-refractivity contribution < 1.29 is 26.8 Å². The molecule has 4 heteroatoms. The number of quaternary nitrogens is 1. The van der Waals surface area contributed by atoms with Gasteiger partial charge in [0.2, 0.25) is 0 Å². The molecule has 0 aromatic heterocycles. The summed E-state index contributed by atoms with van der Waals surface area (Å²) in [5, 5.41) is 0. The number of aryl methyl sites for hydroxylation is 1. The summed E-state index contributed by atoms with van der Waals surface area (Å²) < 4.78 is 12.5. The Morgan fingerprint density at radius 3 is 2.36 bits per heavy atom. The Balaban J connectivity index is 0.00000225. The molecule has 1 heterocycles. The normalized spacial score (nSPS) is 16.1. The van der Waals surface area contributed by atoms with E-state index in [2.05, 4.69) is 51.4 Å². The van der Waals surface area contributed by atoms with E-state index in [0.717, 1.165) is 23.6 Å². The van der Waals surface area contributed by atoms with E-state index in [1.165, 1.54) is 21.6 Å². The van der Waals surface area contributed by atoms with E-state index in [9.17, 15) is 0 Å². The molecule has 0 radical (unpaired) electrons. The smallest absolute Gasteiger partial charge is 0.154 e. The lowest BCUT2D eigenvalue weighted by Gasteiger charge is -2.31. The second kappa shape index (κ2) is 8.41. The number of hydrogen-bond acceptors (Lipinski definition) is 2. The Hall–Kier alpha value is -1.97. The summed E-state index contributed by atoms with van der Waals surface area (Å²) >= 11 is 0. The molecule has 3 rings (SSSR count).